The molecule has 0 radical (unpaired) electrons. The number of hydrogen-bond acceptors (Lipinski definition) is 5. The number of aryl methyl sites for hydroxylation is 1. The van der Waals surface area contributed by atoms with Gasteiger partial charge in [0.2, 0.25) is 0 Å². The number of piperazine rings is 1. The smallest absolute Gasteiger partial charge is 0.125 e. The molecule has 1 atom stereocenters. The maximum absolute atomic E-state index is 13.1. The van der Waals surface area contributed by atoms with Crippen LogP contribution in [0.25, 0.3) is 0 Å². The molecular formula is C29H39Cl3FN3O2. The van der Waals surface area contributed by atoms with Gasteiger partial charge in [-0.1, -0.05) is 24.3 Å². The Morgan fingerprint density at radius 3 is 2.00 bits per heavy atom. The van der Waals surface area contributed by atoms with Gasteiger partial charge in [-0.2, -0.15) is 0 Å². The summed E-state index contributed by atoms with van der Waals surface area (Å²) < 4.78 is 19.1. The van der Waals surface area contributed by atoms with Crippen LogP contribution in [0.5, 0.6) is 5.75 Å². The van der Waals surface area contributed by atoms with E-state index in [9.17, 15) is 9.50 Å². The fraction of sp³-hybridized carbons (Fsp3) is 0.379. The zero-order valence-corrected chi connectivity index (χ0v) is 24.6. The first-order chi connectivity index (χ1) is 16.8. The first-order valence-corrected chi connectivity index (χ1v) is 12.3. The highest BCUT2D eigenvalue weighted by Gasteiger charge is 2.20. The zero-order chi connectivity index (χ0) is 24.9. The predicted octanol–water partition coefficient (Wildman–Crippen LogP) is 5.75. The first kappa shape index (κ1) is 33.8. The third-order valence-corrected chi connectivity index (χ3v) is 6.95. The lowest BCUT2D eigenvalue weighted by Crippen LogP contribution is -2.49. The SMILES string of the molecule is Cc1cc(N)c(C)c(C)c1OCC(O)CN1CCN(c2ccc(Cc3ccc(F)cc3)cc2)CC1.Cl.Cl.Cl. The molecule has 1 aliphatic heterocycles. The molecule has 1 unspecified atom stereocenters. The number of nitrogen functional groups attached to an aromatic ring is 1. The van der Waals surface area contributed by atoms with Crippen molar-refractivity contribution in [2.24, 2.45) is 0 Å². The van der Waals surface area contributed by atoms with Crippen LogP contribution in [0.2, 0.25) is 0 Å². The van der Waals surface area contributed by atoms with E-state index in [4.69, 9.17) is 10.5 Å². The molecule has 4 rings (SSSR count). The highest BCUT2D eigenvalue weighted by Crippen LogP contribution is 2.30. The van der Waals surface area contributed by atoms with Gasteiger partial charge in [0.15, 0.2) is 0 Å². The van der Waals surface area contributed by atoms with E-state index < -0.39 is 6.10 Å². The summed E-state index contributed by atoms with van der Waals surface area (Å²) in [6.45, 7) is 10.5. The average Bonchev–Trinajstić information content (AvgIpc) is 2.85. The van der Waals surface area contributed by atoms with Crippen LogP contribution in [0.15, 0.2) is 54.6 Å². The number of aliphatic hydroxyl groups is 1. The van der Waals surface area contributed by atoms with Gasteiger partial charge in [-0.15, -0.1) is 37.2 Å². The van der Waals surface area contributed by atoms with E-state index in [1.54, 1.807) is 0 Å². The molecule has 210 valence electrons. The third kappa shape index (κ3) is 8.65. The zero-order valence-electron chi connectivity index (χ0n) is 22.2. The molecular weight excluding hydrogens is 548 g/mol. The second-order valence-electron chi connectivity index (χ2n) is 9.58. The van der Waals surface area contributed by atoms with Crippen molar-refractivity contribution >= 4 is 48.6 Å². The Morgan fingerprint density at radius 2 is 1.42 bits per heavy atom. The maximum atomic E-state index is 13.1. The number of hydrogen-bond donors (Lipinski definition) is 2. The molecule has 5 nitrogen and oxygen atoms in total. The summed E-state index contributed by atoms with van der Waals surface area (Å²) in [5.41, 5.74) is 13.4. The molecule has 1 heterocycles. The van der Waals surface area contributed by atoms with E-state index >= 15 is 0 Å². The number of nitrogens with zero attached hydrogens (tertiary/aromatic N) is 2. The lowest BCUT2D eigenvalue weighted by atomic mass is 10.0. The normalized spacial score (nSPS) is 14.1. The van der Waals surface area contributed by atoms with E-state index in [-0.39, 0.29) is 49.6 Å². The number of aliphatic hydroxyl groups excluding tert-OH is 1. The van der Waals surface area contributed by atoms with E-state index in [0.717, 1.165) is 66.3 Å². The highest BCUT2D eigenvalue weighted by atomic mass is 35.5. The lowest BCUT2D eigenvalue weighted by molar-refractivity contribution is 0.0658. The Balaban J connectivity index is 0.00000241. The van der Waals surface area contributed by atoms with Crippen LogP contribution in [-0.2, 0) is 6.42 Å². The number of nitrogens with two attached hydrogens (primary N) is 1. The third-order valence-electron chi connectivity index (χ3n) is 6.95. The molecule has 0 amide bonds. The lowest BCUT2D eigenvalue weighted by Gasteiger charge is -2.37. The van der Waals surface area contributed by atoms with Crippen molar-refractivity contribution < 1.29 is 14.2 Å². The van der Waals surface area contributed by atoms with Crippen molar-refractivity contribution in [1.82, 2.24) is 4.90 Å². The van der Waals surface area contributed by atoms with Gasteiger partial charge >= 0.3 is 0 Å². The van der Waals surface area contributed by atoms with Crippen LogP contribution in [0, 0.1) is 26.6 Å². The van der Waals surface area contributed by atoms with E-state index in [2.05, 4.69) is 34.1 Å². The van der Waals surface area contributed by atoms with Crippen molar-refractivity contribution in [3.05, 3.63) is 88.2 Å². The van der Waals surface area contributed by atoms with Gasteiger partial charge in [0.05, 0.1) is 0 Å². The minimum absolute atomic E-state index is 0. The number of benzene rings is 3. The standard InChI is InChI=1S/C29H36FN3O2.3ClH/c1-20-16-28(31)21(2)22(3)29(20)35-19-27(34)18-32-12-14-33(15-13-32)26-10-6-24(7-11-26)17-23-4-8-25(30)9-5-23;;;/h4-11,16,27,34H,12-15,17-19,31H2,1-3H3;3*1H. The number of β-amino-alcohol motifs (C(OH)–C–C–N with tert-alkyl or cyclic N) is 1. The Labute approximate surface area is 244 Å². The van der Waals surface area contributed by atoms with Crippen LogP contribution >= 0.6 is 37.2 Å². The van der Waals surface area contributed by atoms with Crippen LogP contribution in [0.1, 0.15) is 27.8 Å². The molecule has 0 aliphatic carbocycles. The molecule has 0 aromatic heterocycles. The average molecular weight is 587 g/mol. The van der Waals surface area contributed by atoms with Gasteiger partial charge in [-0.25, -0.2) is 4.39 Å². The second-order valence-corrected chi connectivity index (χ2v) is 9.58. The summed E-state index contributed by atoms with van der Waals surface area (Å²) in [5.74, 6) is 0.619. The molecule has 3 N–H and O–H groups in total. The summed E-state index contributed by atoms with van der Waals surface area (Å²) in [6, 6.07) is 17.2. The molecule has 3 aromatic rings. The molecule has 0 bridgehead atoms. The summed E-state index contributed by atoms with van der Waals surface area (Å²) in [4.78, 5) is 4.67. The van der Waals surface area contributed by atoms with Crippen molar-refractivity contribution in [3.63, 3.8) is 0 Å². The molecule has 1 saturated heterocycles. The molecule has 1 fully saturated rings. The van der Waals surface area contributed by atoms with Gasteiger partial charge in [0, 0.05) is 44.1 Å². The Hall–Kier alpha value is -2.22. The Morgan fingerprint density at radius 1 is 0.868 bits per heavy atom. The number of halogens is 4. The van der Waals surface area contributed by atoms with Crippen LogP contribution in [0.3, 0.4) is 0 Å². The quantitative estimate of drug-likeness (QED) is 0.329. The first-order valence-electron chi connectivity index (χ1n) is 12.3. The number of rotatable bonds is 8. The van der Waals surface area contributed by atoms with E-state index in [1.165, 1.54) is 23.4 Å². The summed E-state index contributed by atoms with van der Waals surface area (Å²) in [7, 11) is 0. The monoisotopic (exact) mass is 585 g/mol. The molecule has 9 heteroatoms. The molecule has 38 heavy (non-hydrogen) atoms. The van der Waals surface area contributed by atoms with E-state index in [0.29, 0.717) is 6.54 Å². The van der Waals surface area contributed by atoms with E-state index in [1.807, 2.05) is 39.0 Å². The number of anilines is 2. The highest BCUT2D eigenvalue weighted by molar-refractivity contribution is 5.86. The topological polar surface area (TPSA) is 62.0 Å². The molecule has 0 saturated carbocycles. The van der Waals surface area contributed by atoms with Crippen molar-refractivity contribution in [3.8, 4) is 5.75 Å². The fourth-order valence-corrected chi connectivity index (χ4v) is 4.69. The Bertz CT molecular complexity index is 1140. The van der Waals surface area contributed by atoms with Crippen molar-refractivity contribution in [2.45, 2.75) is 33.3 Å². The molecule has 0 spiro atoms. The Kier molecular flexibility index (Phi) is 13.7. The fourth-order valence-electron chi connectivity index (χ4n) is 4.69. The molecule has 1 aliphatic rings. The van der Waals surface area contributed by atoms with Crippen LogP contribution < -0.4 is 15.4 Å². The predicted molar refractivity (Wildman–Crippen MR) is 163 cm³/mol. The largest absolute Gasteiger partial charge is 0.490 e. The maximum Gasteiger partial charge on any atom is 0.125 e. The summed E-state index contributed by atoms with van der Waals surface area (Å²) in [5, 5.41) is 10.6. The van der Waals surface area contributed by atoms with Gasteiger partial charge in [-0.3, -0.25) is 4.90 Å². The van der Waals surface area contributed by atoms with Crippen LogP contribution in [-0.4, -0.2) is 55.4 Å². The van der Waals surface area contributed by atoms with Crippen LogP contribution in [0.4, 0.5) is 15.8 Å². The van der Waals surface area contributed by atoms with Gasteiger partial charge in [0.25, 0.3) is 0 Å². The second kappa shape index (κ2) is 15.4. The molecule has 3 aromatic carbocycles. The van der Waals surface area contributed by atoms with Gasteiger partial charge in [0.1, 0.15) is 24.3 Å². The van der Waals surface area contributed by atoms with Gasteiger partial charge < -0.3 is 20.5 Å². The minimum atomic E-state index is -0.552. The summed E-state index contributed by atoms with van der Waals surface area (Å²) >= 11 is 0. The minimum Gasteiger partial charge on any atom is -0.490 e. The summed E-state index contributed by atoms with van der Waals surface area (Å²) in [6.07, 6.45) is 0.243. The van der Waals surface area contributed by atoms with Crippen molar-refractivity contribution in [1.29, 1.82) is 0 Å². The number of ether oxygens (including phenoxy) is 1. The van der Waals surface area contributed by atoms with Crippen molar-refractivity contribution in [2.75, 3.05) is 50.0 Å². The van der Waals surface area contributed by atoms with Gasteiger partial charge in [-0.05, 0) is 85.3 Å².